The molecule has 0 aliphatic carbocycles. The highest BCUT2D eigenvalue weighted by Crippen LogP contribution is 2.20. The summed E-state index contributed by atoms with van der Waals surface area (Å²) in [5.74, 6) is 0.923. The topological polar surface area (TPSA) is 35.2 Å². The molecule has 0 fully saturated rings. The Bertz CT molecular complexity index is 281. The van der Waals surface area contributed by atoms with Gasteiger partial charge in [-0.25, -0.2) is 0 Å². The molecule has 0 bridgehead atoms. The van der Waals surface area contributed by atoms with Gasteiger partial charge >= 0.3 is 0 Å². The summed E-state index contributed by atoms with van der Waals surface area (Å²) in [6.45, 7) is 4.91. The fraction of sp³-hybridized carbons (Fsp3) is 0.571. The molecule has 0 saturated heterocycles. The first-order valence-corrected chi connectivity index (χ1v) is 6.26. The van der Waals surface area contributed by atoms with Crippen LogP contribution in [0.15, 0.2) is 24.3 Å². The third-order valence-electron chi connectivity index (χ3n) is 2.74. The molecule has 0 aliphatic heterocycles. The summed E-state index contributed by atoms with van der Waals surface area (Å²) in [6, 6.07) is 8.31. The summed E-state index contributed by atoms with van der Waals surface area (Å²) in [5, 5.41) is 0. The monoisotopic (exact) mass is 221 g/mol. The fourth-order valence-electron chi connectivity index (χ4n) is 1.76. The van der Waals surface area contributed by atoms with Crippen molar-refractivity contribution in [1.29, 1.82) is 0 Å². The zero-order valence-corrected chi connectivity index (χ0v) is 10.4. The van der Waals surface area contributed by atoms with Crippen molar-refractivity contribution in [2.45, 2.75) is 45.6 Å². The van der Waals surface area contributed by atoms with Gasteiger partial charge in [-0.15, -0.1) is 0 Å². The van der Waals surface area contributed by atoms with Crippen LogP contribution in [0.3, 0.4) is 0 Å². The van der Waals surface area contributed by atoms with Crippen LogP contribution < -0.4 is 10.5 Å². The molecule has 1 aromatic carbocycles. The lowest BCUT2D eigenvalue weighted by Crippen LogP contribution is -2.09. The van der Waals surface area contributed by atoms with Crippen molar-refractivity contribution in [3.8, 4) is 5.75 Å². The van der Waals surface area contributed by atoms with Crippen molar-refractivity contribution in [2.75, 3.05) is 6.61 Å². The second-order valence-electron chi connectivity index (χ2n) is 4.10. The number of nitrogens with two attached hydrogens (primary N) is 1. The molecule has 0 heterocycles. The molecule has 0 amide bonds. The third-order valence-corrected chi connectivity index (χ3v) is 2.74. The van der Waals surface area contributed by atoms with Crippen LogP contribution in [0.25, 0.3) is 0 Å². The van der Waals surface area contributed by atoms with Gasteiger partial charge in [0.2, 0.25) is 0 Å². The predicted molar refractivity (Wildman–Crippen MR) is 68.7 cm³/mol. The van der Waals surface area contributed by atoms with E-state index in [1.165, 1.54) is 24.8 Å². The summed E-state index contributed by atoms with van der Waals surface area (Å²) in [5.41, 5.74) is 7.33. The Balaban J connectivity index is 2.46. The number of benzene rings is 1. The second-order valence-corrected chi connectivity index (χ2v) is 4.10. The van der Waals surface area contributed by atoms with Crippen molar-refractivity contribution in [3.05, 3.63) is 29.8 Å². The maximum absolute atomic E-state index is 6.12. The Morgan fingerprint density at radius 2 is 1.81 bits per heavy atom. The molecule has 0 radical (unpaired) electrons. The Hall–Kier alpha value is -1.02. The third kappa shape index (κ3) is 4.23. The lowest BCUT2D eigenvalue weighted by molar-refractivity contribution is 0.340. The minimum absolute atomic E-state index is 0.169. The van der Waals surface area contributed by atoms with Crippen LogP contribution in [0.2, 0.25) is 0 Å². The van der Waals surface area contributed by atoms with E-state index in [1.54, 1.807) is 0 Å². The number of unbranched alkanes of at least 4 members (excludes halogenated alkanes) is 2. The van der Waals surface area contributed by atoms with Gasteiger partial charge < -0.3 is 10.5 Å². The highest BCUT2D eigenvalue weighted by Gasteiger charge is 2.05. The van der Waals surface area contributed by atoms with Gasteiger partial charge in [0.15, 0.2) is 0 Å². The zero-order chi connectivity index (χ0) is 11.8. The van der Waals surface area contributed by atoms with E-state index < -0.39 is 0 Å². The average molecular weight is 221 g/mol. The minimum Gasteiger partial charge on any atom is -0.494 e. The van der Waals surface area contributed by atoms with Crippen LogP contribution in [0.4, 0.5) is 0 Å². The Morgan fingerprint density at radius 3 is 2.38 bits per heavy atom. The molecule has 1 rings (SSSR count). The lowest BCUT2D eigenvalue weighted by Gasteiger charge is -2.12. The van der Waals surface area contributed by atoms with Gasteiger partial charge in [-0.1, -0.05) is 38.3 Å². The highest BCUT2D eigenvalue weighted by molar-refractivity contribution is 5.28. The maximum Gasteiger partial charge on any atom is 0.119 e. The first-order valence-electron chi connectivity index (χ1n) is 6.26. The molecular weight excluding hydrogens is 198 g/mol. The van der Waals surface area contributed by atoms with E-state index in [4.69, 9.17) is 10.5 Å². The average Bonchev–Trinajstić information content (AvgIpc) is 2.30. The molecule has 0 aromatic heterocycles. The van der Waals surface area contributed by atoms with Gasteiger partial charge in [-0.2, -0.15) is 0 Å². The van der Waals surface area contributed by atoms with Crippen LogP contribution in [-0.4, -0.2) is 6.61 Å². The van der Waals surface area contributed by atoms with E-state index in [0.717, 1.165) is 12.2 Å². The molecule has 0 spiro atoms. The molecular formula is C14H23NO. The first kappa shape index (κ1) is 13.0. The molecule has 1 atom stereocenters. The van der Waals surface area contributed by atoms with Gasteiger partial charge in [0.1, 0.15) is 5.75 Å². The summed E-state index contributed by atoms with van der Waals surface area (Å²) >= 11 is 0. The lowest BCUT2D eigenvalue weighted by atomic mass is 10.0. The molecule has 1 aromatic rings. The van der Waals surface area contributed by atoms with Crippen LogP contribution >= 0.6 is 0 Å². The standard InChI is InChI=1S/C14H23NO/c1-3-5-6-7-14(15)12-8-10-13(11-9-12)16-4-2/h8-11,14H,3-7,15H2,1-2H3. The Kier molecular flexibility index (Phi) is 5.94. The largest absolute Gasteiger partial charge is 0.494 e. The summed E-state index contributed by atoms with van der Waals surface area (Å²) in [6.07, 6.45) is 4.80. The van der Waals surface area contributed by atoms with Crippen molar-refractivity contribution >= 4 is 0 Å². The summed E-state index contributed by atoms with van der Waals surface area (Å²) in [7, 11) is 0. The van der Waals surface area contributed by atoms with E-state index >= 15 is 0 Å². The molecule has 0 saturated carbocycles. The van der Waals surface area contributed by atoms with Gasteiger partial charge in [0.25, 0.3) is 0 Å². The van der Waals surface area contributed by atoms with Gasteiger partial charge in [-0.05, 0) is 31.0 Å². The smallest absolute Gasteiger partial charge is 0.119 e. The van der Waals surface area contributed by atoms with Crippen molar-refractivity contribution in [1.82, 2.24) is 0 Å². The van der Waals surface area contributed by atoms with Crippen LogP contribution in [0, 0.1) is 0 Å². The quantitative estimate of drug-likeness (QED) is 0.713. The van der Waals surface area contributed by atoms with Crippen molar-refractivity contribution < 1.29 is 4.74 Å². The van der Waals surface area contributed by atoms with E-state index in [9.17, 15) is 0 Å². The van der Waals surface area contributed by atoms with E-state index in [2.05, 4.69) is 19.1 Å². The van der Waals surface area contributed by atoms with Gasteiger partial charge in [-0.3, -0.25) is 0 Å². The second kappa shape index (κ2) is 7.29. The van der Waals surface area contributed by atoms with E-state index in [1.807, 2.05) is 19.1 Å². The first-order chi connectivity index (χ1) is 7.77. The molecule has 0 aliphatic rings. The molecule has 2 nitrogen and oxygen atoms in total. The molecule has 16 heavy (non-hydrogen) atoms. The molecule has 2 heteroatoms. The Labute approximate surface area is 98.8 Å². The van der Waals surface area contributed by atoms with E-state index in [0.29, 0.717) is 6.61 Å². The predicted octanol–water partition coefficient (Wildman–Crippen LogP) is 3.67. The van der Waals surface area contributed by atoms with Crippen LogP contribution in [0.5, 0.6) is 5.75 Å². The minimum atomic E-state index is 0.169. The van der Waals surface area contributed by atoms with Crippen molar-refractivity contribution in [3.63, 3.8) is 0 Å². The zero-order valence-electron chi connectivity index (χ0n) is 10.4. The number of rotatable bonds is 7. The Morgan fingerprint density at radius 1 is 1.12 bits per heavy atom. The van der Waals surface area contributed by atoms with Crippen LogP contribution in [0.1, 0.15) is 51.1 Å². The SMILES string of the molecule is CCCCCC(N)c1ccc(OCC)cc1. The normalized spacial score (nSPS) is 12.4. The molecule has 2 N–H and O–H groups in total. The van der Waals surface area contributed by atoms with Gasteiger partial charge in [0, 0.05) is 6.04 Å². The number of hydrogen-bond donors (Lipinski definition) is 1. The summed E-state index contributed by atoms with van der Waals surface area (Å²) < 4.78 is 5.40. The number of ether oxygens (including phenoxy) is 1. The van der Waals surface area contributed by atoms with E-state index in [-0.39, 0.29) is 6.04 Å². The summed E-state index contributed by atoms with van der Waals surface area (Å²) in [4.78, 5) is 0. The van der Waals surface area contributed by atoms with Gasteiger partial charge in [0.05, 0.1) is 6.61 Å². The molecule has 90 valence electrons. The van der Waals surface area contributed by atoms with Crippen molar-refractivity contribution in [2.24, 2.45) is 5.73 Å². The number of hydrogen-bond acceptors (Lipinski definition) is 2. The van der Waals surface area contributed by atoms with Crippen LogP contribution in [-0.2, 0) is 0 Å². The highest BCUT2D eigenvalue weighted by atomic mass is 16.5. The fourth-order valence-corrected chi connectivity index (χ4v) is 1.76. The molecule has 1 unspecified atom stereocenters. The maximum atomic E-state index is 6.12.